The lowest BCUT2D eigenvalue weighted by Crippen LogP contribution is -2.22. The van der Waals surface area contributed by atoms with Crippen LogP contribution >= 0.6 is 15.9 Å². The Balaban J connectivity index is 2.39. The number of hydrogen-bond acceptors (Lipinski definition) is 3. The maximum atomic E-state index is 11.4. The van der Waals surface area contributed by atoms with Gasteiger partial charge < -0.3 is 15.0 Å². The standard InChI is InChI=1S/C13H19BrN2O2/c1-16(2)13(17)5-4-6-15-11-7-10(14)8-12(9-11)18-3/h7-9,15H,4-6H2,1-3H3. The minimum Gasteiger partial charge on any atom is -0.497 e. The van der Waals surface area contributed by atoms with Crippen LogP contribution in [0.15, 0.2) is 22.7 Å². The van der Waals surface area contributed by atoms with Crippen molar-refractivity contribution in [1.29, 1.82) is 0 Å². The van der Waals surface area contributed by atoms with E-state index in [-0.39, 0.29) is 5.91 Å². The molecular weight excluding hydrogens is 296 g/mol. The molecule has 0 unspecified atom stereocenters. The summed E-state index contributed by atoms with van der Waals surface area (Å²) in [5, 5.41) is 3.27. The number of carbonyl (C=O) groups excluding carboxylic acids is 1. The number of halogens is 1. The summed E-state index contributed by atoms with van der Waals surface area (Å²) in [4.78, 5) is 13.0. The van der Waals surface area contributed by atoms with Gasteiger partial charge in [0.15, 0.2) is 0 Å². The Labute approximate surface area is 116 Å². The van der Waals surface area contributed by atoms with Crippen molar-refractivity contribution < 1.29 is 9.53 Å². The molecule has 1 N–H and O–H groups in total. The fourth-order valence-electron chi connectivity index (χ4n) is 1.48. The number of methoxy groups -OCH3 is 1. The van der Waals surface area contributed by atoms with Gasteiger partial charge in [-0.25, -0.2) is 0 Å². The van der Waals surface area contributed by atoms with Gasteiger partial charge in [-0.1, -0.05) is 15.9 Å². The fourth-order valence-corrected chi connectivity index (χ4v) is 1.95. The second kappa shape index (κ2) is 7.26. The first kappa shape index (κ1) is 14.8. The van der Waals surface area contributed by atoms with E-state index in [0.717, 1.165) is 28.9 Å². The smallest absolute Gasteiger partial charge is 0.222 e. The van der Waals surface area contributed by atoms with Crippen molar-refractivity contribution in [1.82, 2.24) is 4.90 Å². The molecule has 0 heterocycles. The third-order valence-electron chi connectivity index (χ3n) is 2.50. The molecule has 0 aromatic heterocycles. The molecule has 4 nitrogen and oxygen atoms in total. The van der Waals surface area contributed by atoms with Crippen LogP contribution in [0.3, 0.4) is 0 Å². The highest BCUT2D eigenvalue weighted by molar-refractivity contribution is 9.10. The molecule has 0 aliphatic rings. The van der Waals surface area contributed by atoms with Crippen LogP contribution in [0, 0.1) is 0 Å². The molecule has 1 rings (SSSR count). The number of rotatable bonds is 6. The van der Waals surface area contributed by atoms with Gasteiger partial charge in [-0.3, -0.25) is 4.79 Å². The Bertz CT molecular complexity index is 408. The number of anilines is 1. The van der Waals surface area contributed by atoms with Crippen LogP contribution in [0.5, 0.6) is 5.75 Å². The normalized spacial score (nSPS) is 10.0. The first-order valence-electron chi connectivity index (χ1n) is 5.81. The van der Waals surface area contributed by atoms with Gasteiger partial charge in [0.1, 0.15) is 5.75 Å². The van der Waals surface area contributed by atoms with E-state index in [4.69, 9.17) is 4.74 Å². The lowest BCUT2D eigenvalue weighted by atomic mass is 10.2. The van der Waals surface area contributed by atoms with Gasteiger partial charge in [0.2, 0.25) is 5.91 Å². The van der Waals surface area contributed by atoms with Crippen LogP contribution in [-0.4, -0.2) is 38.6 Å². The summed E-state index contributed by atoms with van der Waals surface area (Å²) in [7, 11) is 5.19. The highest BCUT2D eigenvalue weighted by Crippen LogP contribution is 2.24. The lowest BCUT2D eigenvalue weighted by molar-refractivity contribution is -0.128. The molecule has 5 heteroatoms. The Kier molecular flexibility index (Phi) is 5.98. The number of benzene rings is 1. The van der Waals surface area contributed by atoms with E-state index >= 15 is 0 Å². The van der Waals surface area contributed by atoms with E-state index < -0.39 is 0 Å². The van der Waals surface area contributed by atoms with Crippen LogP contribution in [0.2, 0.25) is 0 Å². The predicted molar refractivity (Wildman–Crippen MR) is 77.1 cm³/mol. The molecule has 0 aliphatic carbocycles. The first-order chi connectivity index (χ1) is 8.52. The van der Waals surface area contributed by atoms with Gasteiger partial charge in [-0.2, -0.15) is 0 Å². The Morgan fingerprint density at radius 1 is 1.39 bits per heavy atom. The van der Waals surface area contributed by atoms with Crippen LogP contribution in [0.25, 0.3) is 0 Å². The zero-order valence-electron chi connectivity index (χ0n) is 11.0. The predicted octanol–water partition coefficient (Wildman–Crippen LogP) is 2.74. The van der Waals surface area contributed by atoms with Crippen molar-refractivity contribution in [2.24, 2.45) is 0 Å². The number of nitrogens with zero attached hydrogens (tertiary/aromatic N) is 1. The number of amides is 1. The quantitative estimate of drug-likeness (QED) is 0.821. The molecule has 0 saturated heterocycles. The minimum atomic E-state index is 0.156. The van der Waals surface area contributed by atoms with E-state index in [2.05, 4.69) is 21.2 Å². The third-order valence-corrected chi connectivity index (χ3v) is 2.96. The molecule has 100 valence electrons. The molecule has 1 amide bonds. The zero-order valence-corrected chi connectivity index (χ0v) is 12.6. The average Bonchev–Trinajstić information content (AvgIpc) is 2.33. The summed E-state index contributed by atoms with van der Waals surface area (Å²) < 4.78 is 6.15. The zero-order chi connectivity index (χ0) is 13.5. The van der Waals surface area contributed by atoms with E-state index in [0.29, 0.717) is 6.42 Å². The van der Waals surface area contributed by atoms with Crippen LogP contribution in [0.4, 0.5) is 5.69 Å². The molecule has 1 aromatic rings. The Hall–Kier alpha value is -1.23. The van der Waals surface area contributed by atoms with Crippen molar-refractivity contribution in [2.45, 2.75) is 12.8 Å². The summed E-state index contributed by atoms with van der Waals surface area (Å²) in [5.41, 5.74) is 0.985. The summed E-state index contributed by atoms with van der Waals surface area (Å²) in [5.74, 6) is 0.958. The highest BCUT2D eigenvalue weighted by Gasteiger charge is 2.03. The first-order valence-corrected chi connectivity index (χ1v) is 6.61. The molecular formula is C13H19BrN2O2. The Morgan fingerprint density at radius 2 is 2.11 bits per heavy atom. The van der Waals surface area contributed by atoms with Gasteiger partial charge in [-0.15, -0.1) is 0 Å². The van der Waals surface area contributed by atoms with Crippen molar-refractivity contribution in [3.63, 3.8) is 0 Å². The van der Waals surface area contributed by atoms with E-state index in [1.54, 1.807) is 26.1 Å². The monoisotopic (exact) mass is 314 g/mol. The minimum absolute atomic E-state index is 0.156. The molecule has 18 heavy (non-hydrogen) atoms. The molecule has 0 atom stereocenters. The van der Waals surface area contributed by atoms with E-state index in [9.17, 15) is 4.79 Å². The summed E-state index contributed by atoms with van der Waals surface area (Å²) in [6.45, 7) is 0.763. The number of hydrogen-bond donors (Lipinski definition) is 1. The van der Waals surface area contributed by atoms with E-state index in [1.807, 2.05) is 18.2 Å². The number of nitrogens with one attached hydrogen (secondary N) is 1. The van der Waals surface area contributed by atoms with Gasteiger partial charge in [0.25, 0.3) is 0 Å². The maximum absolute atomic E-state index is 11.4. The van der Waals surface area contributed by atoms with Gasteiger partial charge in [-0.05, 0) is 18.6 Å². The third kappa shape index (κ3) is 4.96. The van der Waals surface area contributed by atoms with Crippen LogP contribution in [-0.2, 0) is 4.79 Å². The molecule has 0 radical (unpaired) electrons. The number of carbonyl (C=O) groups is 1. The van der Waals surface area contributed by atoms with Gasteiger partial charge >= 0.3 is 0 Å². The topological polar surface area (TPSA) is 41.6 Å². The number of ether oxygens (including phenoxy) is 1. The van der Waals surface area contributed by atoms with Crippen molar-refractivity contribution in [2.75, 3.05) is 33.1 Å². The molecule has 0 saturated carbocycles. The fraction of sp³-hybridized carbons (Fsp3) is 0.462. The molecule has 0 bridgehead atoms. The van der Waals surface area contributed by atoms with Crippen LogP contribution in [0.1, 0.15) is 12.8 Å². The van der Waals surface area contributed by atoms with Crippen molar-refractivity contribution >= 4 is 27.5 Å². The Morgan fingerprint density at radius 3 is 2.72 bits per heavy atom. The van der Waals surface area contributed by atoms with Crippen molar-refractivity contribution in [3.05, 3.63) is 22.7 Å². The summed E-state index contributed by atoms with van der Waals surface area (Å²) in [6, 6.07) is 5.82. The van der Waals surface area contributed by atoms with Gasteiger partial charge in [0.05, 0.1) is 7.11 Å². The molecule has 1 aromatic carbocycles. The molecule has 0 aliphatic heterocycles. The molecule has 0 spiro atoms. The van der Waals surface area contributed by atoms with Crippen LogP contribution < -0.4 is 10.1 Å². The SMILES string of the molecule is COc1cc(Br)cc(NCCCC(=O)N(C)C)c1. The molecule has 0 fully saturated rings. The van der Waals surface area contributed by atoms with Gasteiger partial charge in [0, 0.05) is 43.3 Å². The van der Waals surface area contributed by atoms with Crippen molar-refractivity contribution in [3.8, 4) is 5.75 Å². The highest BCUT2D eigenvalue weighted by atomic mass is 79.9. The largest absolute Gasteiger partial charge is 0.497 e. The summed E-state index contributed by atoms with van der Waals surface area (Å²) >= 11 is 3.42. The summed E-state index contributed by atoms with van der Waals surface area (Å²) in [6.07, 6.45) is 1.37. The second-order valence-corrected chi connectivity index (χ2v) is 5.11. The maximum Gasteiger partial charge on any atom is 0.222 e. The average molecular weight is 315 g/mol. The van der Waals surface area contributed by atoms with E-state index in [1.165, 1.54) is 0 Å². The second-order valence-electron chi connectivity index (χ2n) is 4.20. The lowest BCUT2D eigenvalue weighted by Gasteiger charge is -2.11.